The summed E-state index contributed by atoms with van der Waals surface area (Å²) < 4.78 is 13.6. The molecule has 0 saturated heterocycles. The monoisotopic (exact) mass is 258 g/mol. The number of terminal acetylenes is 1. The van der Waals surface area contributed by atoms with E-state index in [1.807, 2.05) is 13.0 Å². The van der Waals surface area contributed by atoms with Gasteiger partial charge in [-0.3, -0.25) is 0 Å². The summed E-state index contributed by atoms with van der Waals surface area (Å²) in [7, 11) is 0. The maximum atomic E-state index is 13.6. The number of halogens is 1. The molecule has 0 aromatic heterocycles. The number of nitrogens with zero attached hydrogens (tertiary/aromatic N) is 2. The van der Waals surface area contributed by atoms with E-state index < -0.39 is 5.82 Å². The van der Waals surface area contributed by atoms with Crippen molar-refractivity contribution in [2.45, 2.75) is 13.5 Å². The highest BCUT2D eigenvalue weighted by molar-refractivity contribution is 5.79. The normalized spacial score (nSPS) is 10.4. The van der Waals surface area contributed by atoms with Crippen molar-refractivity contribution in [1.29, 1.82) is 5.26 Å². The molecule has 0 atom stereocenters. The largest absolute Gasteiger partial charge is 0.357 e. The molecule has 0 amide bonds. The molecule has 2 N–H and O–H groups in total. The minimum absolute atomic E-state index is 0.178. The summed E-state index contributed by atoms with van der Waals surface area (Å²) in [6.07, 6.45) is 5.15. The Morgan fingerprint density at radius 2 is 2.26 bits per heavy atom. The second kappa shape index (κ2) is 7.73. The average molecular weight is 258 g/mol. The van der Waals surface area contributed by atoms with Crippen molar-refractivity contribution in [3.63, 3.8) is 0 Å². The summed E-state index contributed by atoms with van der Waals surface area (Å²) in [5.74, 6) is 2.54. The first-order valence-electron chi connectivity index (χ1n) is 5.85. The molecule has 1 aromatic rings. The number of benzene rings is 1. The number of nitrogens with one attached hydrogen (secondary N) is 2. The Bertz CT molecular complexity index is 537. The lowest BCUT2D eigenvalue weighted by molar-refractivity contribution is 0.610. The Morgan fingerprint density at radius 1 is 1.47 bits per heavy atom. The fourth-order valence-electron chi connectivity index (χ4n) is 1.39. The number of hydrogen-bond acceptors (Lipinski definition) is 2. The predicted octanol–water partition coefficient (Wildman–Crippen LogP) is 1.39. The fraction of sp³-hybridized carbons (Fsp3) is 0.286. The maximum Gasteiger partial charge on any atom is 0.192 e. The number of guanidine groups is 1. The third-order valence-corrected chi connectivity index (χ3v) is 2.29. The lowest BCUT2D eigenvalue weighted by atomic mass is 10.1. The molecular formula is C14H15FN4. The Balaban J connectivity index is 2.77. The Hall–Kier alpha value is -2.53. The van der Waals surface area contributed by atoms with Gasteiger partial charge in [0, 0.05) is 12.1 Å². The first kappa shape index (κ1) is 14.5. The van der Waals surface area contributed by atoms with Gasteiger partial charge in [-0.25, -0.2) is 9.38 Å². The van der Waals surface area contributed by atoms with Crippen LogP contribution in [0.1, 0.15) is 18.1 Å². The molecule has 0 bridgehead atoms. The summed E-state index contributed by atoms with van der Waals surface area (Å²) >= 11 is 0. The smallest absolute Gasteiger partial charge is 0.192 e. The quantitative estimate of drug-likeness (QED) is 0.487. The van der Waals surface area contributed by atoms with Gasteiger partial charge in [-0.2, -0.15) is 5.26 Å². The Kier molecular flexibility index (Phi) is 5.91. The van der Waals surface area contributed by atoms with E-state index in [9.17, 15) is 4.39 Å². The Morgan fingerprint density at radius 3 is 2.84 bits per heavy atom. The fourth-order valence-corrected chi connectivity index (χ4v) is 1.39. The zero-order valence-electron chi connectivity index (χ0n) is 10.7. The van der Waals surface area contributed by atoms with E-state index in [1.54, 1.807) is 12.1 Å². The van der Waals surface area contributed by atoms with Crippen LogP contribution in [0.3, 0.4) is 0 Å². The zero-order chi connectivity index (χ0) is 14.1. The molecule has 19 heavy (non-hydrogen) atoms. The van der Waals surface area contributed by atoms with E-state index in [2.05, 4.69) is 21.5 Å². The van der Waals surface area contributed by atoms with Crippen LogP contribution >= 0.6 is 0 Å². The molecule has 0 aliphatic carbocycles. The second-order valence-corrected chi connectivity index (χ2v) is 3.67. The van der Waals surface area contributed by atoms with Crippen LogP contribution in [0.4, 0.5) is 4.39 Å². The highest BCUT2D eigenvalue weighted by Crippen LogP contribution is 2.10. The minimum Gasteiger partial charge on any atom is -0.357 e. The molecular weight excluding hydrogens is 243 g/mol. The van der Waals surface area contributed by atoms with Gasteiger partial charge in [-0.1, -0.05) is 12.0 Å². The van der Waals surface area contributed by atoms with Crippen molar-refractivity contribution in [2.75, 3.05) is 13.1 Å². The zero-order valence-corrected chi connectivity index (χ0v) is 10.7. The van der Waals surface area contributed by atoms with E-state index in [0.717, 1.165) is 0 Å². The molecule has 0 aliphatic heterocycles. The molecule has 0 saturated carbocycles. The summed E-state index contributed by atoms with van der Waals surface area (Å²) in [6, 6.07) is 6.21. The SMILES string of the molecule is C#CCNC(=NCc1ccc(C#N)cc1F)NCC. The van der Waals surface area contributed by atoms with Gasteiger partial charge in [0.25, 0.3) is 0 Å². The van der Waals surface area contributed by atoms with Crippen LogP contribution in [-0.4, -0.2) is 19.0 Å². The lowest BCUT2D eigenvalue weighted by Crippen LogP contribution is -2.37. The molecule has 0 unspecified atom stereocenters. The summed E-state index contributed by atoms with van der Waals surface area (Å²) in [5.41, 5.74) is 0.722. The van der Waals surface area contributed by atoms with Gasteiger partial charge < -0.3 is 10.6 Å². The molecule has 0 spiro atoms. The average Bonchev–Trinajstić information content (AvgIpc) is 2.42. The van der Waals surface area contributed by atoms with Crippen LogP contribution in [0.15, 0.2) is 23.2 Å². The molecule has 0 radical (unpaired) electrons. The van der Waals surface area contributed by atoms with Gasteiger partial charge in [-0.05, 0) is 19.1 Å². The summed E-state index contributed by atoms with van der Waals surface area (Å²) in [5, 5.41) is 14.6. The van der Waals surface area contributed by atoms with Crippen molar-refractivity contribution in [1.82, 2.24) is 10.6 Å². The van der Waals surface area contributed by atoms with Crippen molar-refractivity contribution in [2.24, 2.45) is 4.99 Å². The highest BCUT2D eigenvalue weighted by atomic mass is 19.1. The lowest BCUT2D eigenvalue weighted by Gasteiger charge is -2.09. The maximum absolute atomic E-state index is 13.6. The van der Waals surface area contributed by atoms with Crippen molar-refractivity contribution in [3.05, 3.63) is 35.1 Å². The van der Waals surface area contributed by atoms with Crippen LogP contribution in [0.25, 0.3) is 0 Å². The van der Waals surface area contributed by atoms with Gasteiger partial charge in [0.1, 0.15) is 5.82 Å². The third-order valence-electron chi connectivity index (χ3n) is 2.29. The van der Waals surface area contributed by atoms with Crippen LogP contribution in [-0.2, 0) is 6.54 Å². The molecule has 0 heterocycles. The van der Waals surface area contributed by atoms with Crippen LogP contribution in [0.5, 0.6) is 0 Å². The first-order chi connectivity index (χ1) is 9.21. The van der Waals surface area contributed by atoms with E-state index in [4.69, 9.17) is 11.7 Å². The van der Waals surface area contributed by atoms with Gasteiger partial charge in [0.2, 0.25) is 0 Å². The van der Waals surface area contributed by atoms with E-state index in [-0.39, 0.29) is 6.54 Å². The molecule has 4 nitrogen and oxygen atoms in total. The predicted molar refractivity (Wildman–Crippen MR) is 72.8 cm³/mol. The van der Waals surface area contributed by atoms with Crippen LogP contribution in [0, 0.1) is 29.5 Å². The van der Waals surface area contributed by atoms with E-state index in [1.165, 1.54) is 6.07 Å². The van der Waals surface area contributed by atoms with E-state index in [0.29, 0.717) is 30.2 Å². The van der Waals surface area contributed by atoms with E-state index >= 15 is 0 Å². The van der Waals surface area contributed by atoms with Crippen LogP contribution < -0.4 is 10.6 Å². The number of nitriles is 1. The van der Waals surface area contributed by atoms with Crippen molar-refractivity contribution in [3.8, 4) is 18.4 Å². The Labute approximate surface area is 112 Å². The second-order valence-electron chi connectivity index (χ2n) is 3.67. The molecule has 1 rings (SSSR count). The molecule has 0 aliphatic rings. The number of hydrogen-bond donors (Lipinski definition) is 2. The van der Waals surface area contributed by atoms with Gasteiger partial charge in [0.15, 0.2) is 5.96 Å². The standard InChI is InChI=1S/C14H15FN4/c1-3-7-18-14(17-4-2)19-10-12-6-5-11(9-16)8-13(12)15/h1,5-6,8H,4,7,10H2,2H3,(H2,17,18,19). The summed E-state index contributed by atoms with van der Waals surface area (Å²) in [6.45, 7) is 3.14. The van der Waals surface area contributed by atoms with Crippen molar-refractivity contribution < 1.29 is 4.39 Å². The van der Waals surface area contributed by atoms with Gasteiger partial charge in [0.05, 0.1) is 24.7 Å². The minimum atomic E-state index is -0.435. The topological polar surface area (TPSA) is 60.2 Å². The molecule has 0 fully saturated rings. The molecule has 5 heteroatoms. The van der Waals surface area contributed by atoms with Crippen LogP contribution in [0.2, 0.25) is 0 Å². The van der Waals surface area contributed by atoms with Gasteiger partial charge in [-0.15, -0.1) is 6.42 Å². The van der Waals surface area contributed by atoms with Gasteiger partial charge >= 0.3 is 0 Å². The highest BCUT2D eigenvalue weighted by Gasteiger charge is 2.03. The first-order valence-corrected chi connectivity index (χ1v) is 5.85. The number of aliphatic imine (C=N–C) groups is 1. The molecule has 98 valence electrons. The number of rotatable bonds is 4. The third kappa shape index (κ3) is 4.69. The molecule has 1 aromatic carbocycles. The summed E-state index contributed by atoms with van der Waals surface area (Å²) in [4.78, 5) is 4.21. The van der Waals surface area contributed by atoms with Crippen molar-refractivity contribution >= 4 is 5.96 Å².